The van der Waals surface area contributed by atoms with E-state index < -0.39 is 0 Å². The maximum Gasteiger partial charge on any atom is -0.00329 e. The van der Waals surface area contributed by atoms with Gasteiger partial charge in [0.05, 0.1) is 0 Å². The molecule has 4 fully saturated rings. The molecule has 4 aliphatic carbocycles. The van der Waals surface area contributed by atoms with Crippen molar-refractivity contribution in [2.24, 2.45) is 17.8 Å². The lowest BCUT2D eigenvalue weighted by atomic mass is 9.48. The summed E-state index contributed by atoms with van der Waals surface area (Å²) in [4.78, 5) is 0. The molecule has 0 unspecified atom stereocenters. The molecule has 0 nitrogen and oxygen atoms in total. The topological polar surface area (TPSA) is 0 Å². The first-order valence-corrected chi connectivity index (χ1v) is 9.71. The fourth-order valence-electron chi connectivity index (χ4n) is 6.87. The molecule has 24 heavy (non-hydrogen) atoms. The molecular formula is C24H24. The quantitative estimate of drug-likeness (QED) is 0.452. The smallest absolute Gasteiger partial charge is 0.00329 e. The predicted octanol–water partition coefficient (Wildman–Crippen LogP) is 6.46. The molecule has 0 heterocycles. The number of benzene rings is 3. The van der Waals surface area contributed by atoms with Gasteiger partial charge in [0.2, 0.25) is 0 Å². The molecule has 120 valence electrons. The van der Waals surface area contributed by atoms with Crippen molar-refractivity contribution in [1.82, 2.24) is 0 Å². The van der Waals surface area contributed by atoms with E-state index in [2.05, 4.69) is 54.6 Å². The zero-order valence-corrected chi connectivity index (χ0v) is 14.2. The average molecular weight is 312 g/mol. The van der Waals surface area contributed by atoms with Crippen LogP contribution in [0.25, 0.3) is 21.5 Å². The van der Waals surface area contributed by atoms with E-state index in [9.17, 15) is 0 Å². The van der Waals surface area contributed by atoms with Crippen LogP contribution in [0.2, 0.25) is 0 Å². The van der Waals surface area contributed by atoms with E-state index in [0.717, 1.165) is 17.8 Å². The molecule has 3 aromatic carbocycles. The Morgan fingerprint density at radius 3 is 1.88 bits per heavy atom. The van der Waals surface area contributed by atoms with Gasteiger partial charge >= 0.3 is 0 Å². The van der Waals surface area contributed by atoms with Gasteiger partial charge in [-0.25, -0.2) is 0 Å². The fourth-order valence-corrected chi connectivity index (χ4v) is 6.87. The molecule has 0 aromatic heterocycles. The Morgan fingerprint density at radius 2 is 1.21 bits per heavy atom. The number of fused-ring (bicyclic) bond motifs is 2. The van der Waals surface area contributed by atoms with Gasteiger partial charge in [0.15, 0.2) is 0 Å². The van der Waals surface area contributed by atoms with Gasteiger partial charge in [-0.15, -0.1) is 0 Å². The molecule has 0 spiro atoms. The summed E-state index contributed by atoms with van der Waals surface area (Å²) in [7, 11) is 0. The highest BCUT2D eigenvalue weighted by atomic mass is 14.6. The Kier molecular flexibility index (Phi) is 2.60. The van der Waals surface area contributed by atoms with Crippen molar-refractivity contribution < 1.29 is 0 Å². The minimum atomic E-state index is 0.483. The van der Waals surface area contributed by atoms with Crippen molar-refractivity contribution in [2.45, 2.75) is 43.9 Å². The van der Waals surface area contributed by atoms with Gasteiger partial charge in [0.25, 0.3) is 0 Å². The van der Waals surface area contributed by atoms with E-state index >= 15 is 0 Å². The van der Waals surface area contributed by atoms with E-state index in [0.29, 0.717) is 5.41 Å². The first kappa shape index (κ1) is 13.5. The Hall–Kier alpha value is -1.82. The van der Waals surface area contributed by atoms with Crippen LogP contribution in [-0.4, -0.2) is 0 Å². The summed E-state index contributed by atoms with van der Waals surface area (Å²) in [6.07, 6.45) is 8.91. The summed E-state index contributed by atoms with van der Waals surface area (Å²) < 4.78 is 0. The molecule has 0 aliphatic heterocycles. The lowest BCUT2D eigenvalue weighted by molar-refractivity contribution is -0.00449. The summed E-state index contributed by atoms with van der Waals surface area (Å²) in [5, 5.41) is 5.72. The molecule has 4 aliphatic rings. The van der Waals surface area contributed by atoms with Crippen LogP contribution in [0.5, 0.6) is 0 Å². The van der Waals surface area contributed by atoms with Crippen LogP contribution >= 0.6 is 0 Å². The van der Waals surface area contributed by atoms with Crippen LogP contribution in [-0.2, 0) is 5.41 Å². The molecule has 3 aromatic rings. The zero-order valence-electron chi connectivity index (χ0n) is 14.2. The second kappa shape index (κ2) is 4.63. The first-order valence-electron chi connectivity index (χ1n) is 9.71. The third-order valence-corrected chi connectivity index (χ3v) is 7.36. The van der Waals surface area contributed by atoms with Crippen molar-refractivity contribution in [1.29, 1.82) is 0 Å². The Labute approximate surface area is 143 Å². The van der Waals surface area contributed by atoms with Gasteiger partial charge in [-0.2, -0.15) is 0 Å². The standard InChI is InChI=1S/C24H24/c1-2-5-20-12-22-21(11-19(20)4-1)6-3-7-23(22)24-13-16-8-17(14-24)10-18(9-16)15-24/h1-7,11-12,16-18H,8-10,13-15H2. The largest absolute Gasteiger partial charge is 0.0616 e. The van der Waals surface area contributed by atoms with Gasteiger partial charge in [0, 0.05) is 0 Å². The number of hydrogen-bond donors (Lipinski definition) is 0. The summed E-state index contributed by atoms with van der Waals surface area (Å²) >= 11 is 0. The molecule has 0 N–H and O–H groups in total. The molecule has 0 atom stereocenters. The summed E-state index contributed by atoms with van der Waals surface area (Å²) in [6.45, 7) is 0. The molecule has 0 amide bonds. The fraction of sp³-hybridized carbons (Fsp3) is 0.417. The minimum Gasteiger partial charge on any atom is -0.0616 e. The minimum absolute atomic E-state index is 0.483. The molecular weight excluding hydrogens is 288 g/mol. The van der Waals surface area contributed by atoms with Crippen LogP contribution in [0.1, 0.15) is 44.1 Å². The van der Waals surface area contributed by atoms with Crippen molar-refractivity contribution >= 4 is 21.5 Å². The molecule has 4 bridgehead atoms. The highest BCUT2D eigenvalue weighted by molar-refractivity contribution is 6.00. The first-order chi connectivity index (χ1) is 11.8. The molecule has 0 saturated heterocycles. The lowest BCUT2D eigenvalue weighted by Gasteiger charge is -2.57. The molecule has 7 rings (SSSR count). The van der Waals surface area contributed by atoms with Crippen LogP contribution in [0.15, 0.2) is 54.6 Å². The predicted molar refractivity (Wildman–Crippen MR) is 101 cm³/mol. The second-order valence-corrected chi connectivity index (χ2v) is 8.92. The van der Waals surface area contributed by atoms with Crippen LogP contribution < -0.4 is 0 Å². The molecule has 0 radical (unpaired) electrons. The van der Waals surface area contributed by atoms with E-state index in [1.165, 1.54) is 60.1 Å². The Bertz CT molecular complexity index is 913. The molecule has 0 heteroatoms. The highest BCUT2D eigenvalue weighted by Gasteiger charge is 2.51. The van der Waals surface area contributed by atoms with Gasteiger partial charge in [-0.05, 0) is 101 Å². The van der Waals surface area contributed by atoms with E-state index in [4.69, 9.17) is 0 Å². The summed E-state index contributed by atoms with van der Waals surface area (Å²) in [5.41, 5.74) is 2.15. The second-order valence-electron chi connectivity index (χ2n) is 8.92. The van der Waals surface area contributed by atoms with E-state index in [1.807, 2.05) is 0 Å². The lowest BCUT2D eigenvalue weighted by Crippen LogP contribution is -2.48. The Morgan fingerprint density at radius 1 is 0.625 bits per heavy atom. The van der Waals surface area contributed by atoms with Crippen LogP contribution in [0.3, 0.4) is 0 Å². The maximum atomic E-state index is 2.47. The third-order valence-electron chi connectivity index (χ3n) is 7.36. The van der Waals surface area contributed by atoms with Gasteiger partial charge in [-0.1, -0.05) is 42.5 Å². The number of rotatable bonds is 1. The van der Waals surface area contributed by atoms with Gasteiger partial charge < -0.3 is 0 Å². The SMILES string of the molecule is c1ccc2cc3c(C45CC6CC(CC(C6)C4)C5)cccc3cc2c1. The van der Waals surface area contributed by atoms with Crippen molar-refractivity contribution in [3.8, 4) is 0 Å². The molecule has 4 saturated carbocycles. The highest BCUT2D eigenvalue weighted by Crippen LogP contribution is 2.61. The zero-order chi connectivity index (χ0) is 15.7. The van der Waals surface area contributed by atoms with Crippen molar-refractivity contribution in [2.75, 3.05) is 0 Å². The van der Waals surface area contributed by atoms with Crippen molar-refractivity contribution in [3.05, 3.63) is 60.2 Å². The monoisotopic (exact) mass is 312 g/mol. The summed E-state index contributed by atoms with van der Waals surface area (Å²) in [6, 6.07) is 20.8. The van der Waals surface area contributed by atoms with E-state index in [-0.39, 0.29) is 0 Å². The number of hydrogen-bond acceptors (Lipinski definition) is 0. The maximum absolute atomic E-state index is 2.47. The van der Waals surface area contributed by atoms with Gasteiger partial charge in [0.1, 0.15) is 0 Å². The Balaban J connectivity index is 1.60. The van der Waals surface area contributed by atoms with Crippen LogP contribution in [0, 0.1) is 17.8 Å². The van der Waals surface area contributed by atoms with Crippen molar-refractivity contribution in [3.63, 3.8) is 0 Å². The van der Waals surface area contributed by atoms with E-state index in [1.54, 1.807) is 5.56 Å². The normalized spacial score (nSPS) is 34.2. The van der Waals surface area contributed by atoms with Gasteiger partial charge in [-0.3, -0.25) is 0 Å². The summed E-state index contributed by atoms with van der Waals surface area (Å²) in [5.74, 6) is 3.02. The third kappa shape index (κ3) is 1.80. The average Bonchev–Trinajstić information content (AvgIpc) is 2.58. The van der Waals surface area contributed by atoms with Crippen LogP contribution in [0.4, 0.5) is 0 Å².